The molecular weight excluding hydrogens is 121 g/mol. The number of hydrazine groups is 2. The van der Waals surface area contributed by atoms with Gasteiger partial charge in [-0.15, -0.1) is 5.53 Å². The minimum absolute atomic E-state index is 0.269. The fourth-order valence-electron chi connectivity index (χ4n) is 0.583. The van der Waals surface area contributed by atoms with Gasteiger partial charge in [0.25, 0.3) is 0 Å². The minimum atomic E-state index is -0.344. The summed E-state index contributed by atoms with van der Waals surface area (Å²) in [6.45, 7) is 3.92. The quantitative estimate of drug-likeness (QED) is 0.507. The van der Waals surface area contributed by atoms with Crippen LogP contribution in [0.2, 0.25) is 0 Å². The molecule has 0 atom stereocenters. The first kappa shape index (κ1) is 6.35. The third-order valence-corrected chi connectivity index (χ3v) is 1.11. The fraction of sp³-hybridized carbons (Fsp3) is 0.600. The van der Waals surface area contributed by atoms with Crippen LogP contribution in [-0.4, -0.2) is 11.1 Å². The summed E-state index contributed by atoms with van der Waals surface area (Å²) in [5.41, 5.74) is 4.94. The van der Waals surface area contributed by atoms with E-state index in [2.05, 4.69) is 11.0 Å². The summed E-state index contributed by atoms with van der Waals surface area (Å²) in [5, 5.41) is 1.65. The Bertz CT molecular complexity index is 132. The maximum absolute atomic E-state index is 12.2. The number of rotatable bonds is 1. The molecule has 0 amide bonds. The Balaban J connectivity index is 2.47. The Morgan fingerprint density at radius 3 is 2.56 bits per heavy atom. The number of halogens is 1. The molecule has 3 nitrogen and oxygen atoms in total. The summed E-state index contributed by atoms with van der Waals surface area (Å²) in [4.78, 5) is 0. The van der Waals surface area contributed by atoms with E-state index in [0.717, 1.165) is 0 Å². The molecule has 0 aliphatic carbocycles. The van der Waals surface area contributed by atoms with Crippen molar-refractivity contribution in [2.24, 2.45) is 0 Å². The van der Waals surface area contributed by atoms with Gasteiger partial charge in [-0.05, 0) is 13.8 Å². The third kappa shape index (κ3) is 1.32. The monoisotopic (exact) mass is 131 g/mol. The van der Waals surface area contributed by atoms with Crippen molar-refractivity contribution in [2.45, 2.75) is 19.9 Å². The summed E-state index contributed by atoms with van der Waals surface area (Å²) in [5.74, 6) is -0.344. The van der Waals surface area contributed by atoms with Gasteiger partial charge in [0.2, 0.25) is 5.95 Å². The van der Waals surface area contributed by atoms with Crippen LogP contribution in [0.15, 0.2) is 12.2 Å². The van der Waals surface area contributed by atoms with Gasteiger partial charge in [-0.25, -0.2) is 0 Å². The lowest BCUT2D eigenvalue weighted by molar-refractivity contribution is 0.219. The van der Waals surface area contributed by atoms with Crippen LogP contribution in [0.5, 0.6) is 0 Å². The SMILES string of the molecule is CC(C)N1C=C(F)NN1. The van der Waals surface area contributed by atoms with Crippen molar-refractivity contribution in [3.63, 3.8) is 0 Å². The summed E-state index contributed by atoms with van der Waals surface area (Å²) >= 11 is 0. The van der Waals surface area contributed by atoms with Crippen LogP contribution in [0.3, 0.4) is 0 Å². The van der Waals surface area contributed by atoms with Crippen molar-refractivity contribution < 1.29 is 4.39 Å². The fourth-order valence-corrected chi connectivity index (χ4v) is 0.583. The van der Waals surface area contributed by atoms with Crippen molar-refractivity contribution in [2.75, 3.05) is 0 Å². The van der Waals surface area contributed by atoms with E-state index < -0.39 is 0 Å². The molecule has 1 heterocycles. The maximum Gasteiger partial charge on any atom is 0.220 e. The molecule has 9 heavy (non-hydrogen) atoms. The summed E-state index contributed by atoms with van der Waals surface area (Å²) in [6, 6.07) is 0.269. The normalized spacial score (nSPS) is 18.2. The van der Waals surface area contributed by atoms with Crippen molar-refractivity contribution in [3.05, 3.63) is 12.2 Å². The molecule has 52 valence electrons. The van der Waals surface area contributed by atoms with Crippen LogP contribution in [-0.2, 0) is 0 Å². The third-order valence-electron chi connectivity index (χ3n) is 1.11. The van der Waals surface area contributed by atoms with Gasteiger partial charge in [0.05, 0.1) is 6.20 Å². The highest BCUT2D eigenvalue weighted by Crippen LogP contribution is 2.03. The van der Waals surface area contributed by atoms with Crippen molar-refractivity contribution in [1.82, 2.24) is 16.0 Å². The van der Waals surface area contributed by atoms with Gasteiger partial charge in [0.1, 0.15) is 0 Å². The zero-order valence-corrected chi connectivity index (χ0v) is 5.48. The molecule has 0 aromatic carbocycles. The van der Waals surface area contributed by atoms with Gasteiger partial charge in [-0.3, -0.25) is 10.4 Å². The predicted molar refractivity (Wildman–Crippen MR) is 32.4 cm³/mol. The molecule has 0 aromatic rings. The molecule has 0 bridgehead atoms. The molecule has 2 N–H and O–H groups in total. The van der Waals surface area contributed by atoms with Gasteiger partial charge < -0.3 is 0 Å². The van der Waals surface area contributed by atoms with E-state index in [1.165, 1.54) is 6.20 Å². The van der Waals surface area contributed by atoms with Gasteiger partial charge in [-0.2, -0.15) is 4.39 Å². The lowest BCUT2D eigenvalue weighted by Gasteiger charge is -2.18. The van der Waals surface area contributed by atoms with Gasteiger partial charge in [-0.1, -0.05) is 0 Å². The van der Waals surface area contributed by atoms with E-state index in [0.29, 0.717) is 0 Å². The first-order valence-corrected chi connectivity index (χ1v) is 2.87. The van der Waals surface area contributed by atoms with Crippen molar-refractivity contribution in [1.29, 1.82) is 0 Å². The van der Waals surface area contributed by atoms with E-state index in [9.17, 15) is 4.39 Å². The Morgan fingerprint density at radius 2 is 2.33 bits per heavy atom. The molecular formula is C5H10FN3. The lowest BCUT2D eigenvalue weighted by atomic mass is 10.4. The molecule has 1 aliphatic rings. The second-order valence-electron chi connectivity index (χ2n) is 2.21. The Morgan fingerprint density at radius 1 is 1.67 bits per heavy atom. The predicted octanol–water partition coefficient (Wildman–Crippen LogP) is 0.488. The standard InChI is InChI=1S/C5H10FN3/c1-4(2)9-3-5(6)7-8-9/h3-4,7-8H,1-2H3. The average molecular weight is 131 g/mol. The molecule has 0 fully saturated rings. The van der Waals surface area contributed by atoms with E-state index in [4.69, 9.17) is 0 Å². The van der Waals surface area contributed by atoms with Crippen molar-refractivity contribution in [3.8, 4) is 0 Å². The van der Waals surface area contributed by atoms with Crippen molar-refractivity contribution >= 4 is 0 Å². The maximum atomic E-state index is 12.2. The average Bonchev–Trinajstić information content (AvgIpc) is 2.14. The van der Waals surface area contributed by atoms with Gasteiger partial charge in [0.15, 0.2) is 0 Å². The summed E-state index contributed by atoms with van der Waals surface area (Å²) in [7, 11) is 0. The van der Waals surface area contributed by atoms with Crippen LogP contribution in [0.25, 0.3) is 0 Å². The molecule has 0 saturated heterocycles. The summed E-state index contributed by atoms with van der Waals surface area (Å²) < 4.78 is 12.2. The van der Waals surface area contributed by atoms with Crippen LogP contribution in [0.1, 0.15) is 13.8 Å². The van der Waals surface area contributed by atoms with Gasteiger partial charge in [0, 0.05) is 6.04 Å². The number of hydrogen-bond acceptors (Lipinski definition) is 3. The van der Waals surface area contributed by atoms with E-state index >= 15 is 0 Å². The molecule has 1 aliphatic heterocycles. The van der Waals surface area contributed by atoms with E-state index in [-0.39, 0.29) is 12.0 Å². The highest BCUT2D eigenvalue weighted by atomic mass is 19.1. The number of nitrogens with one attached hydrogen (secondary N) is 2. The zero-order valence-electron chi connectivity index (χ0n) is 5.48. The highest BCUT2D eigenvalue weighted by Gasteiger charge is 2.11. The number of hydrogen-bond donors (Lipinski definition) is 2. The molecule has 0 aromatic heterocycles. The molecule has 0 unspecified atom stereocenters. The molecule has 0 saturated carbocycles. The second-order valence-corrected chi connectivity index (χ2v) is 2.21. The first-order valence-electron chi connectivity index (χ1n) is 2.87. The minimum Gasteiger partial charge on any atom is -0.291 e. The largest absolute Gasteiger partial charge is 0.291 e. The molecule has 0 spiro atoms. The Kier molecular flexibility index (Phi) is 1.57. The topological polar surface area (TPSA) is 27.3 Å². The second kappa shape index (κ2) is 2.23. The lowest BCUT2D eigenvalue weighted by Crippen LogP contribution is -2.40. The van der Waals surface area contributed by atoms with Gasteiger partial charge >= 0.3 is 0 Å². The van der Waals surface area contributed by atoms with Crippen LogP contribution in [0, 0.1) is 0 Å². The molecule has 0 radical (unpaired) electrons. The smallest absolute Gasteiger partial charge is 0.220 e. The summed E-state index contributed by atoms with van der Waals surface area (Å²) in [6.07, 6.45) is 1.38. The Hall–Kier alpha value is -0.770. The van der Waals surface area contributed by atoms with E-state index in [1.807, 2.05) is 13.8 Å². The zero-order chi connectivity index (χ0) is 6.85. The first-order chi connectivity index (χ1) is 4.20. The highest BCUT2D eigenvalue weighted by molar-refractivity contribution is 4.92. The van der Waals surface area contributed by atoms with Crippen LogP contribution < -0.4 is 11.0 Å². The number of nitrogens with zero attached hydrogens (tertiary/aromatic N) is 1. The Labute approximate surface area is 53.5 Å². The molecule has 1 rings (SSSR count). The molecule has 4 heteroatoms. The van der Waals surface area contributed by atoms with E-state index in [1.54, 1.807) is 5.01 Å². The van der Waals surface area contributed by atoms with Crippen LogP contribution in [0.4, 0.5) is 4.39 Å². The van der Waals surface area contributed by atoms with Crippen LogP contribution >= 0.6 is 0 Å².